The summed E-state index contributed by atoms with van der Waals surface area (Å²) in [5.74, 6) is 1.63. The largest absolute Gasteiger partial charge is 0.496 e. The molecule has 1 amide bonds. The molecule has 4 nitrogen and oxygen atoms in total. The van der Waals surface area contributed by atoms with Crippen molar-refractivity contribution in [3.63, 3.8) is 0 Å². The highest BCUT2D eigenvalue weighted by Crippen LogP contribution is 2.24. The first-order chi connectivity index (χ1) is 12.0. The summed E-state index contributed by atoms with van der Waals surface area (Å²) in [5, 5.41) is 0.628. The van der Waals surface area contributed by atoms with Crippen molar-refractivity contribution in [3.05, 3.63) is 58.6 Å². The zero-order valence-corrected chi connectivity index (χ0v) is 15.7. The average molecular weight is 362 g/mol. The van der Waals surface area contributed by atoms with Crippen molar-refractivity contribution in [1.29, 1.82) is 0 Å². The molecule has 0 atom stereocenters. The van der Waals surface area contributed by atoms with Gasteiger partial charge in [0.2, 0.25) is 5.91 Å². The minimum Gasteiger partial charge on any atom is -0.496 e. The van der Waals surface area contributed by atoms with Gasteiger partial charge in [0.15, 0.2) is 0 Å². The molecule has 25 heavy (non-hydrogen) atoms. The van der Waals surface area contributed by atoms with Gasteiger partial charge in [-0.25, -0.2) is 0 Å². The second kappa shape index (κ2) is 9.33. The normalized spacial score (nSPS) is 10.4. The predicted octanol–water partition coefficient (Wildman–Crippen LogP) is 4.47. The third-order valence-corrected chi connectivity index (χ3v) is 4.10. The first-order valence-corrected chi connectivity index (χ1v) is 8.63. The number of ether oxygens (including phenoxy) is 2. The Morgan fingerprint density at radius 1 is 1.20 bits per heavy atom. The molecule has 0 N–H and O–H groups in total. The summed E-state index contributed by atoms with van der Waals surface area (Å²) in [6.07, 6.45) is 1.11. The molecule has 0 heterocycles. The third-order valence-electron chi connectivity index (χ3n) is 3.87. The van der Waals surface area contributed by atoms with Crippen LogP contribution in [0.15, 0.2) is 42.5 Å². The molecule has 134 valence electrons. The van der Waals surface area contributed by atoms with Crippen molar-refractivity contribution in [2.45, 2.75) is 26.3 Å². The maximum atomic E-state index is 12.3. The first kappa shape index (κ1) is 19.1. The van der Waals surface area contributed by atoms with Gasteiger partial charge in [-0.1, -0.05) is 23.7 Å². The molecular weight excluding hydrogens is 338 g/mol. The van der Waals surface area contributed by atoms with Crippen LogP contribution in [0.1, 0.15) is 24.0 Å². The van der Waals surface area contributed by atoms with Crippen molar-refractivity contribution >= 4 is 17.5 Å². The molecule has 0 fully saturated rings. The van der Waals surface area contributed by atoms with Crippen LogP contribution in [-0.2, 0) is 11.3 Å². The van der Waals surface area contributed by atoms with E-state index in [1.165, 1.54) is 0 Å². The Hall–Kier alpha value is -2.20. The van der Waals surface area contributed by atoms with Crippen molar-refractivity contribution in [2.75, 3.05) is 20.8 Å². The number of hydrogen-bond acceptors (Lipinski definition) is 3. The van der Waals surface area contributed by atoms with E-state index < -0.39 is 0 Å². The standard InChI is InChI=1S/C20H24ClNO3/c1-15-6-4-7-18(12-15)25-11-5-8-20(23)22(2)14-16-13-17(21)9-10-19(16)24-3/h4,6-7,9-10,12-13H,5,8,11,14H2,1-3H3. The number of benzene rings is 2. The summed E-state index contributed by atoms with van der Waals surface area (Å²) in [7, 11) is 3.39. The minimum absolute atomic E-state index is 0.0647. The van der Waals surface area contributed by atoms with E-state index in [1.807, 2.05) is 43.3 Å². The number of carbonyl (C=O) groups excluding carboxylic acids is 1. The van der Waals surface area contributed by atoms with Gasteiger partial charge >= 0.3 is 0 Å². The quantitative estimate of drug-likeness (QED) is 0.651. The molecule has 0 aliphatic heterocycles. The van der Waals surface area contributed by atoms with Crippen LogP contribution in [0, 0.1) is 6.92 Å². The first-order valence-electron chi connectivity index (χ1n) is 8.25. The Morgan fingerprint density at radius 3 is 2.72 bits per heavy atom. The van der Waals surface area contributed by atoms with Gasteiger partial charge in [0.25, 0.3) is 0 Å². The lowest BCUT2D eigenvalue weighted by molar-refractivity contribution is -0.130. The summed E-state index contributed by atoms with van der Waals surface area (Å²) in [5.41, 5.74) is 2.05. The molecule has 0 aliphatic rings. The number of methoxy groups -OCH3 is 1. The molecule has 0 saturated carbocycles. The molecule has 0 radical (unpaired) electrons. The van der Waals surface area contributed by atoms with E-state index in [0.29, 0.717) is 31.0 Å². The van der Waals surface area contributed by atoms with Crippen molar-refractivity contribution < 1.29 is 14.3 Å². The number of aryl methyl sites for hydroxylation is 1. The fourth-order valence-electron chi connectivity index (χ4n) is 2.52. The van der Waals surface area contributed by atoms with Gasteiger partial charge in [0.1, 0.15) is 11.5 Å². The number of hydrogen-bond donors (Lipinski definition) is 0. The number of nitrogens with zero attached hydrogens (tertiary/aromatic N) is 1. The Labute approximate surface area is 154 Å². The van der Waals surface area contributed by atoms with Gasteiger partial charge in [-0.2, -0.15) is 0 Å². The Morgan fingerprint density at radius 2 is 2.00 bits per heavy atom. The lowest BCUT2D eigenvalue weighted by Crippen LogP contribution is -2.26. The van der Waals surface area contributed by atoms with E-state index in [0.717, 1.165) is 22.6 Å². The fraction of sp³-hybridized carbons (Fsp3) is 0.350. The molecule has 0 aliphatic carbocycles. The second-order valence-electron chi connectivity index (χ2n) is 5.97. The summed E-state index contributed by atoms with van der Waals surface area (Å²) < 4.78 is 11.0. The summed E-state index contributed by atoms with van der Waals surface area (Å²) in [6, 6.07) is 13.3. The van der Waals surface area contributed by atoms with Crippen molar-refractivity contribution in [2.24, 2.45) is 0 Å². The van der Waals surface area contributed by atoms with Gasteiger partial charge in [0.05, 0.1) is 13.7 Å². The molecule has 0 aromatic heterocycles. The Balaban J connectivity index is 1.79. The third kappa shape index (κ3) is 5.98. The van der Waals surface area contributed by atoms with Crippen LogP contribution in [0.5, 0.6) is 11.5 Å². The van der Waals surface area contributed by atoms with E-state index in [1.54, 1.807) is 25.1 Å². The Kier molecular flexibility index (Phi) is 7.14. The lowest BCUT2D eigenvalue weighted by atomic mass is 10.2. The van der Waals surface area contributed by atoms with E-state index in [4.69, 9.17) is 21.1 Å². The number of halogens is 1. The van der Waals surface area contributed by atoms with Crippen LogP contribution < -0.4 is 9.47 Å². The molecule has 2 aromatic rings. The van der Waals surface area contributed by atoms with Crippen LogP contribution in [0.3, 0.4) is 0 Å². The van der Waals surface area contributed by atoms with Crippen molar-refractivity contribution in [1.82, 2.24) is 4.90 Å². The van der Waals surface area contributed by atoms with E-state index in [9.17, 15) is 4.79 Å². The van der Waals surface area contributed by atoms with E-state index in [2.05, 4.69) is 0 Å². The Bertz CT molecular complexity index is 718. The van der Waals surface area contributed by atoms with Crippen LogP contribution in [0.4, 0.5) is 0 Å². The highest BCUT2D eigenvalue weighted by molar-refractivity contribution is 6.30. The smallest absolute Gasteiger partial charge is 0.222 e. The maximum Gasteiger partial charge on any atom is 0.222 e. The molecule has 0 unspecified atom stereocenters. The summed E-state index contributed by atoms with van der Waals surface area (Å²) in [4.78, 5) is 14.0. The zero-order valence-electron chi connectivity index (χ0n) is 14.9. The highest BCUT2D eigenvalue weighted by Gasteiger charge is 2.12. The molecule has 2 rings (SSSR count). The van der Waals surface area contributed by atoms with Crippen LogP contribution >= 0.6 is 11.6 Å². The number of rotatable bonds is 8. The summed E-state index contributed by atoms with van der Waals surface area (Å²) in [6.45, 7) is 3.00. The molecule has 0 spiro atoms. The monoisotopic (exact) mass is 361 g/mol. The fourth-order valence-corrected chi connectivity index (χ4v) is 2.72. The van der Waals surface area contributed by atoms with Gasteiger partial charge in [0, 0.05) is 30.6 Å². The van der Waals surface area contributed by atoms with Gasteiger partial charge in [-0.05, 0) is 49.2 Å². The predicted molar refractivity (Wildman–Crippen MR) is 100 cm³/mol. The lowest BCUT2D eigenvalue weighted by Gasteiger charge is -2.19. The van der Waals surface area contributed by atoms with Crippen LogP contribution in [-0.4, -0.2) is 31.6 Å². The second-order valence-corrected chi connectivity index (χ2v) is 6.41. The van der Waals surface area contributed by atoms with Gasteiger partial charge in [-0.3, -0.25) is 4.79 Å². The van der Waals surface area contributed by atoms with Crippen LogP contribution in [0.25, 0.3) is 0 Å². The van der Waals surface area contributed by atoms with E-state index >= 15 is 0 Å². The average Bonchev–Trinajstić information content (AvgIpc) is 2.59. The number of amides is 1. The van der Waals surface area contributed by atoms with Crippen LogP contribution in [0.2, 0.25) is 5.02 Å². The molecule has 0 saturated heterocycles. The molecule has 0 bridgehead atoms. The molecule has 2 aromatic carbocycles. The van der Waals surface area contributed by atoms with Gasteiger partial charge in [-0.15, -0.1) is 0 Å². The topological polar surface area (TPSA) is 38.8 Å². The van der Waals surface area contributed by atoms with Gasteiger partial charge < -0.3 is 14.4 Å². The SMILES string of the molecule is COc1ccc(Cl)cc1CN(C)C(=O)CCCOc1cccc(C)c1. The maximum absolute atomic E-state index is 12.3. The summed E-state index contributed by atoms with van der Waals surface area (Å²) >= 11 is 6.03. The zero-order chi connectivity index (χ0) is 18.2. The number of carbonyl (C=O) groups is 1. The molecule has 5 heteroatoms. The van der Waals surface area contributed by atoms with Crippen molar-refractivity contribution in [3.8, 4) is 11.5 Å². The minimum atomic E-state index is 0.0647. The highest BCUT2D eigenvalue weighted by atomic mass is 35.5. The van der Waals surface area contributed by atoms with E-state index in [-0.39, 0.29) is 5.91 Å². The molecular formula is C20H24ClNO3.